The van der Waals surface area contributed by atoms with E-state index in [1.165, 1.54) is 10.9 Å². The van der Waals surface area contributed by atoms with Crippen molar-refractivity contribution in [3.63, 3.8) is 0 Å². The smallest absolute Gasteiger partial charge is 0.251 e. The summed E-state index contributed by atoms with van der Waals surface area (Å²) in [6.07, 6.45) is 7.16. The van der Waals surface area contributed by atoms with Gasteiger partial charge in [0.1, 0.15) is 0 Å². The summed E-state index contributed by atoms with van der Waals surface area (Å²) in [5.74, 6) is -0.0451. The van der Waals surface area contributed by atoms with Crippen molar-refractivity contribution < 1.29 is 10.3 Å². The second kappa shape index (κ2) is 8.92. The third-order valence-corrected chi connectivity index (χ3v) is 3.53. The van der Waals surface area contributed by atoms with Crippen LogP contribution in [0, 0.1) is 0 Å². The number of hydrogen-bond acceptors (Lipinski definition) is 2. The maximum absolute atomic E-state index is 11.9. The Bertz CT molecular complexity index is 744. The lowest BCUT2D eigenvalue weighted by Crippen LogP contribution is -2.24. The van der Waals surface area contributed by atoms with Crippen molar-refractivity contribution >= 4 is 29.2 Å². The number of halogens is 1. The number of nitrogens with zero attached hydrogens (tertiary/aromatic N) is 1. The first-order chi connectivity index (χ1) is 10.3. The Morgan fingerprint density at radius 2 is 1.87 bits per heavy atom. The lowest BCUT2D eigenvalue weighted by molar-refractivity contribution is 0.0953. The predicted molar refractivity (Wildman–Crippen MR) is 94.1 cm³/mol. The molecule has 122 valence electrons. The highest BCUT2D eigenvalue weighted by Crippen LogP contribution is 2.18. The molecule has 6 heteroatoms. The number of aromatic amines is 1. The standard InChI is InChI=1S/C17H17N3O.ClH.H2O/c21-17(13-7-10-18-11-8-13)19-9-3-4-14-12-20-16-6-2-1-5-15(14)16;;/h1-2,5-8,10-12,20H,3-4,9H2,(H,19,21);1H;1H2. The Labute approximate surface area is 140 Å². The normalized spacial score (nSPS) is 9.74. The van der Waals surface area contributed by atoms with Crippen molar-refractivity contribution in [2.75, 3.05) is 6.54 Å². The Kier molecular flexibility index (Phi) is 7.25. The van der Waals surface area contributed by atoms with E-state index in [-0.39, 0.29) is 23.8 Å². The number of amides is 1. The van der Waals surface area contributed by atoms with Gasteiger partial charge < -0.3 is 15.8 Å². The zero-order valence-corrected chi connectivity index (χ0v) is 13.4. The molecule has 0 radical (unpaired) electrons. The van der Waals surface area contributed by atoms with Crippen LogP contribution in [0.25, 0.3) is 10.9 Å². The number of pyridine rings is 1. The number of benzene rings is 1. The number of rotatable bonds is 5. The van der Waals surface area contributed by atoms with Crippen LogP contribution >= 0.6 is 12.4 Å². The van der Waals surface area contributed by atoms with Gasteiger partial charge in [-0.2, -0.15) is 0 Å². The molecule has 1 amide bonds. The molecule has 0 aliphatic heterocycles. The van der Waals surface area contributed by atoms with Crippen LogP contribution in [0.1, 0.15) is 22.3 Å². The minimum absolute atomic E-state index is 0. The van der Waals surface area contributed by atoms with E-state index in [4.69, 9.17) is 0 Å². The van der Waals surface area contributed by atoms with E-state index >= 15 is 0 Å². The lowest BCUT2D eigenvalue weighted by atomic mass is 10.1. The fourth-order valence-electron chi connectivity index (χ4n) is 2.42. The van der Waals surface area contributed by atoms with Crippen LogP contribution in [-0.4, -0.2) is 27.9 Å². The van der Waals surface area contributed by atoms with Crippen molar-refractivity contribution in [3.8, 4) is 0 Å². The van der Waals surface area contributed by atoms with Crippen LogP contribution in [0.5, 0.6) is 0 Å². The van der Waals surface area contributed by atoms with Gasteiger partial charge in [0, 0.05) is 41.6 Å². The third kappa shape index (κ3) is 4.55. The van der Waals surface area contributed by atoms with Crippen LogP contribution in [0.2, 0.25) is 0 Å². The molecule has 0 saturated carbocycles. The number of aryl methyl sites for hydroxylation is 1. The summed E-state index contributed by atoms with van der Waals surface area (Å²) >= 11 is 0. The van der Waals surface area contributed by atoms with Crippen LogP contribution < -0.4 is 5.32 Å². The average molecular weight is 334 g/mol. The number of aromatic nitrogens is 2. The number of carbonyl (C=O) groups excluding carboxylic acids is 1. The number of H-pyrrole nitrogens is 1. The maximum atomic E-state index is 11.9. The molecule has 0 spiro atoms. The molecular formula is C17H20ClN3O2. The summed E-state index contributed by atoms with van der Waals surface area (Å²) in [5, 5.41) is 4.19. The van der Waals surface area contributed by atoms with E-state index in [0.29, 0.717) is 12.1 Å². The first-order valence-corrected chi connectivity index (χ1v) is 7.08. The molecule has 0 fully saturated rings. The summed E-state index contributed by atoms with van der Waals surface area (Å²) in [6, 6.07) is 11.7. The second-order valence-corrected chi connectivity index (χ2v) is 4.95. The molecule has 23 heavy (non-hydrogen) atoms. The van der Waals surface area contributed by atoms with Crippen molar-refractivity contribution in [2.45, 2.75) is 12.8 Å². The van der Waals surface area contributed by atoms with E-state index in [0.717, 1.165) is 18.4 Å². The molecule has 0 aliphatic rings. The molecule has 4 N–H and O–H groups in total. The second-order valence-electron chi connectivity index (χ2n) is 4.95. The van der Waals surface area contributed by atoms with Gasteiger partial charge in [-0.05, 0) is 36.6 Å². The van der Waals surface area contributed by atoms with Gasteiger partial charge in [-0.15, -0.1) is 12.4 Å². The molecule has 0 aliphatic carbocycles. The van der Waals surface area contributed by atoms with Crippen LogP contribution in [0.4, 0.5) is 0 Å². The fourth-order valence-corrected chi connectivity index (χ4v) is 2.42. The highest BCUT2D eigenvalue weighted by molar-refractivity contribution is 5.93. The van der Waals surface area contributed by atoms with Crippen molar-refractivity contribution in [1.29, 1.82) is 0 Å². The Morgan fingerprint density at radius 3 is 2.65 bits per heavy atom. The zero-order valence-electron chi connectivity index (χ0n) is 12.6. The number of hydrogen-bond donors (Lipinski definition) is 2. The first-order valence-electron chi connectivity index (χ1n) is 7.08. The van der Waals surface area contributed by atoms with Crippen LogP contribution in [0.15, 0.2) is 55.0 Å². The molecule has 5 nitrogen and oxygen atoms in total. The minimum atomic E-state index is -0.0451. The molecule has 0 saturated heterocycles. The molecule has 0 unspecified atom stereocenters. The summed E-state index contributed by atoms with van der Waals surface area (Å²) in [7, 11) is 0. The number of fused-ring (bicyclic) bond motifs is 1. The van der Waals surface area contributed by atoms with E-state index in [9.17, 15) is 4.79 Å². The maximum Gasteiger partial charge on any atom is 0.251 e. The quantitative estimate of drug-likeness (QED) is 0.702. The van der Waals surface area contributed by atoms with Gasteiger partial charge >= 0.3 is 0 Å². The van der Waals surface area contributed by atoms with Crippen molar-refractivity contribution in [2.24, 2.45) is 0 Å². The summed E-state index contributed by atoms with van der Waals surface area (Å²) in [6.45, 7) is 0.667. The predicted octanol–water partition coefficient (Wildman–Crippen LogP) is 2.52. The van der Waals surface area contributed by atoms with Gasteiger partial charge in [0.25, 0.3) is 5.91 Å². The lowest BCUT2D eigenvalue weighted by Gasteiger charge is -2.04. The average Bonchev–Trinajstić information content (AvgIpc) is 2.95. The number of nitrogens with one attached hydrogen (secondary N) is 2. The van der Waals surface area contributed by atoms with Crippen LogP contribution in [-0.2, 0) is 6.42 Å². The number of carbonyl (C=O) groups is 1. The SMILES string of the molecule is Cl.O.O=C(NCCCc1c[nH]c2ccccc12)c1ccncc1. The zero-order chi connectivity index (χ0) is 14.5. The van der Waals surface area contributed by atoms with E-state index < -0.39 is 0 Å². The monoisotopic (exact) mass is 333 g/mol. The molecule has 3 rings (SSSR count). The van der Waals surface area contributed by atoms with Crippen molar-refractivity contribution in [3.05, 3.63) is 66.1 Å². The Morgan fingerprint density at radius 1 is 1.13 bits per heavy atom. The van der Waals surface area contributed by atoms with Gasteiger partial charge in [-0.1, -0.05) is 18.2 Å². The third-order valence-electron chi connectivity index (χ3n) is 3.53. The van der Waals surface area contributed by atoms with Gasteiger partial charge in [0.05, 0.1) is 0 Å². The number of para-hydroxylation sites is 1. The van der Waals surface area contributed by atoms with Crippen LogP contribution in [0.3, 0.4) is 0 Å². The van der Waals surface area contributed by atoms with E-state index in [2.05, 4.69) is 33.6 Å². The highest BCUT2D eigenvalue weighted by Gasteiger charge is 2.05. The molecule has 0 bridgehead atoms. The molecule has 2 aromatic heterocycles. The fraction of sp³-hybridized carbons (Fsp3) is 0.176. The van der Waals surface area contributed by atoms with Crippen molar-refractivity contribution in [1.82, 2.24) is 15.3 Å². The molecule has 1 aromatic carbocycles. The molecular weight excluding hydrogens is 314 g/mol. The summed E-state index contributed by atoms with van der Waals surface area (Å²) in [4.78, 5) is 19.0. The molecule has 0 atom stereocenters. The topological polar surface area (TPSA) is 89.3 Å². The summed E-state index contributed by atoms with van der Waals surface area (Å²) < 4.78 is 0. The van der Waals surface area contributed by atoms with Gasteiger partial charge in [0.15, 0.2) is 0 Å². The Balaban J connectivity index is 0.00000132. The van der Waals surface area contributed by atoms with Gasteiger partial charge in [-0.3, -0.25) is 9.78 Å². The first kappa shape index (κ1) is 18.7. The minimum Gasteiger partial charge on any atom is -0.412 e. The van der Waals surface area contributed by atoms with E-state index in [1.807, 2.05) is 12.1 Å². The molecule has 2 heterocycles. The van der Waals surface area contributed by atoms with Gasteiger partial charge in [0.2, 0.25) is 0 Å². The van der Waals surface area contributed by atoms with Gasteiger partial charge in [-0.25, -0.2) is 0 Å². The largest absolute Gasteiger partial charge is 0.412 e. The summed E-state index contributed by atoms with van der Waals surface area (Å²) in [5.41, 5.74) is 3.11. The Hall–Kier alpha value is -2.37. The van der Waals surface area contributed by atoms with E-state index in [1.54, 1.807) is 24.5 Å². The molecule has 3 aromatic rings. The highest BCUT2D eigenvalue weighted by atomic mass is 35.5.